The summed E-state index contributed by atoms with van der Waals surface area (Å²) in [5, 5.41) is 8.07. The average molecular weight is 484 g/mol. The van der Waals surface area contributed by atoms with Gasteiger partial charge in [0.2, 0.25) is 0 Å². The van der Waals surface area contributed by atoms with E-state index in [1.165, 1.54) is 16.9 Å². The Kier molecular flexibility index (Phi) is 7.77. The molecule has 1 aliphatic rings. The number of amides is 2. The van der Waals surface area contributed by atoms with Crippen molar-refractivity contribution in [1.29, 1.82) is 0 Å². The number of anilines is 1. The first kappa shape index (κ1) is 23.4. The fraction of sp³-hybridized carbons (Fsp3) is 0.280. The van der Waals surface area contributed by atoms with Crippen molar-refractivity contribution in [3.05, 3.63) is 86.6 Å². The van der Waals surface area contributed by atoms with E-state index in [-0.39, 0.29) is 17.9 Å². The lowest BCUT2D eigenvalue weighted by Crippen LogP contribution is -2.43. The Hall–Kier alpha value is -2.71. The van der Waals surface area contributed by atoms with E-state index < -0.39 is 0 Å². The van der Waals surface area contributed by atoms with E-state index in [0.29, 0.717) is 40.9 Å². The minimum atomic E-state index is -0.253. The van der Waals surface area contributed by atoms with Crippen molar-refractivity contribution in [3.63, 3.8) is 0 Å². The normalized spacial score (nSPS) is 15.1. The minimum Gasteiger partial charge on any atom is -0.379 e. The van der Waals surface area contributed by atoms with Crippen molar-refractivity contribution in [1.82, 2.24) is 10.2 Å². The number of hydrogen-bond donors (Lipinski definition) is 2. The van der Waals surface area contributed by atoms with Gasteiger partial charge in [-0.1, -0.05) is 47.5 Å². The zero-order valence-electron chi connectivity index (χ0n) is 18.3. The molecule has 2 aromatic carbocycles. The van der Waals surface area contributed by atoms with E-state index >= 15 is 0 Å². The Bertz CT molecular complexity index is 1110. The Morgan fingerprint density at radius 3 is 2.64 bits per heavy atom. The highest BCUT2D eigenvalue weighted by Gasteiger charge is 2.24. The first-order chi connectivity index (χ1) is 16.0. The molecule has 0 spiro atoms. The molecular weight excluding hydrogens is 458 g/mol. The van der Waals surface area contributed by atoms with Crippen LogP contribution in [0.5, 0.6) is 0 Å². The summed E-state index contributed by atoms with van der Waals surface area (Å²) in [6, 6.07) is 16.9. The highest BCUT2D eigenvalue weighted by Crippen LogP contribution is 2.25. The molecule has 2 heterocycles. The number of benzene rings is 2. The second-order valence-electron chi connectivity index (χ2n) is 7.91. The number of nitrogens with zero attached hydrogens (tertiary/aromatic N) is 1. The molecule has 1 aliphatic heterocycles. The molecule has 2 amide bonds. The number of rotatable bonds is 7. The van der Waals surface area contributed by atoms with Crippen molar-refractivity contribution in [2.75, 3.05) is 38.2 Å². The van der Waals surface area contributed by atoms with Crippen LogP contribution < -0.4 is 10.6 Å². The molecule has 1 saturated heterocycles. The Balaban J connectivity index is 1.47. The molecule has 1 fully saturated rings. The zero-order valence-corrected chi connectivity index (χ0v) is 19.9. The van der Waals surface area contributed by atoms with Gasteiger partial charge < -0.3 is 15.4 Å². The number of halogens is 1. The Labute approximate surface area is 202 Å². The molecule has 4 rings (SSSR count). The van der Waals surface area contributed by atoms with Crippen LogP contribution in [0.1, 0.15) is 37.2 Å². The Morgan fingerprint density at radius 2 is 1.91 bits per heavy atom. The molecule has 172 valence electrons. The highest BCUT2D eigenvalue weighted by atomic mass is 35.5. The van der Waals surface area contributed by atoms with Gasteiger partial charge in [-0.3, -0.25) is 14.5 Å². The lowest BCUT2D eigenvalue weighted by molar-refractivity contribution is 0.0162. The third kappa shape index (κ3) is 6.00. The van der Waals surface area contributed by atoms with E-state index in [9.17, 15) is 9.59 Å². The molecule has 1 unspecified atom stereocenters. The van der Waals surface area contributed by atoms with Gasteiger partial charge in [-0.15, -0.1) is 11.3 Å². The number of hydrogen-bond acceptors (Lipinski definition) is 5. The first-order valence-electron chi connectivity index (χ1n) is 10.8. The van der Waals surface area contributed by atoms with Crippen LogP contribution in [-0.4, -0.2) is 49.6 Å². The van der Waals surface area contributed by atoms with Crippen LogP contribution >= 0.6 is 22.9 Å². The molecular formula is C25H26ClN3O3S. The quantitative estimate of drug-likeness (QED) is 0.508. The number of thiophene rings is 1. The van der Waals surface area contributed by atoms with Crippen LogP contribution in [0.3, 0.4) is 0 Å². The average Bonchev–Trinajstić information content (AvgIpc) is 3.36. The number of morpholine rings is 1. The van der Waals surface area contributed by atoms with Crippen LogP contribution in [0.2, 0.25) is 5.02 Å². The third-order valence-electron chi connectivity index (χ3n) is 5.59. The number of carbonyl (C=O) groups is 2. The topological polar surface area (TPSA) is 70.7 Å². The summed E-state index contributed by atoms with van der Waals surface area (Å²) in [5.74, 6) is -0.472. The van der Waals surface area contributed by atoms with Crippen molar-refractivity contribution < 1.29 is 14.3 Å². The Morgan fingerprint density at radius 1 is 1.09 bits per heavy atom. The predicted octanol–water partition coefficient (Wildman–Crippen LogP) is 4.77. The fourth-order valence-corrected chi connectivity index (χ4v) is 4.65. The van der Waals surface area contributed by atoms with E-state index in [4.69, 9.17) is 16.3 Å². The van der Waals surface area contributed by atoms with Crippen LogP contribution in [0.25, 0.3) is 0 Å². The maximum absolute atomic E-state index is 13.0. The van der Waals surface area contributed by atoms with E-state index in [1.807, 2.05) is 17.5 Å². The summed E-state index contributed by atoms with van der Waals surface area (Å²) in [4.78, 5) is 28.3. The molecule has 0 bridgehead atoms. The van der Waals surface area contributed by atoms with Crippen molar-refractivity contribution in [3.8, 4) is 0 Å². The summed E-state index contributed by atoms with van der Waals surface area (Å²) < 4.78 is 5.51. The van der Waals surface area contributed by atoms with Gasteiger partial charge in [-0.05, 0) is 42.1 Å². The maximum atomic E-state index is 13.0. The summed E-state index contributed by atoms with van der Waals surface area (Å²) in [5.41, 5.74) is 3.19. The fourth-order valence-electron chi connectivity index (χ4n) is 3.87. The van der Waals surface area contributed by atoms with Crippen molar-refractivity contribution in [2.45, 2.75) is 13.0 Å². The lowest BCUT2D eigenvalue weighted by atomic mass is 10.0. The molecule has 0 saturated carbocycles. The minimum absolute atomic E-state index is 0.0445. The molecule has 0 radical (unpaired) electrons. The molecule has 1 atom stereocenters. The zero-order chi connectivity index (χ0) is 23.2. The number of aryl methyl sites for hydroxylation is 1. The standard InChI is InChI=1S/C25H26ClN3O3S/c1-17-4-2-5-18(14-17)22(29-9-11-32-12-10-29)16-27-24(30)19-7-8-20(26)21(15-19)28-25(31)23-6-3-13-33-23/h2-8,13-15,22H,9-12,16H2,1H3,(H,27,30)(H,28,31). The van der Waals surface area contributed by atoms with Crippen molar-refractivity contribution in [2.24, 2.45) is 0 Å². The number of nitrogens with one attached hydrogen (secondary N) is 2. The van der Waals surface area contributed by atoms with Gasteiger partial charge in [0.15, 0.2) is 0 Å². The van der Waals surface area contributed by atoms with Crippen LogP contribution in [-0.2, 0) is 4.74 Å². The predicted molar refractivity (Wildman–Crippen MR) is 132 cm³/mol. The number of ether oxygens (including phenoxy) is 1. The SMILES string of the molecule is Cc1cccc(C(CNC(=O)c2ccc(Cl)c(NC(=O)c3cccs3)c2)N2CCOCC2)c1. The van der Waals surface area contributed by atoms with Crippen LogP contribution in [0.4, 0.5) is 5.69 Å². The molecule has 8 heteroatoms. The molecule has 2 N–H and O–H groups in total. The monoisotopic (exact) mass is 483 g/mol. The smallest absolute Gasteiger partial charge is 0.265 e. The molecule has 6 nitrogen and oxygen atoms in total. The highest BCUT2D eigenvalue weighted by molar-refractivity contribution is 7.12. The summed E-state index contributed by atoms with van der Waals surface area (Å²) in [7, 11) is 0. The van der Waals surface area contributed by atoms with Gasteiger partial charge in [-0.2, -0.15) is 0 Å². The van der Waals surface area contributed by atoms with Crippen molar-refractivity contribution >= 4 is 40.4 Å². The van der Waals surface area contributed by atoms with Gasteiger partial charge in [0, 0.05) is 25.2 Å². The van der Waals surface area contributed by atoms with Gasteiger partial charge in [0.1, 0.15) is 0 Å². The second-order valence-corrected chi connectivity index (χ2v) is 9.27. The van der Waals surface area contributed by atoms with E-state index in [0.717, 1.165) is 18.7 Å². The maximum Gasteiger partial charge on any atom is 0.265 e. The summed E-state index contributed by atoms with van der Waals surface area (Å²) in [6.45, 7) is 5.52. The molecule has 1 aromatic heterocycles. The summed E-state index contributed by atoms with van der Waals surface area (Å²) in [6.07, 6.45) is 0. The third-order valence-corrected chi connectivity index (χ3v) is 6.79. The van der Waals surface area contributed by atoms with E-state index in [1.54, 1.807) is 24.3 Å². The summed E-state index contributed by atoms with van der Waals surface area (Å²) >= 11 is 7.61. The molecule has 33 heavy (non-hydrogen) atoms. The van der Waals surface area contributed by atoms with Crippen LogP contribution in [0, 0.1) is 6.92 Å². The van der Waals surface area contributed by atoms with Crippen LogP contribution in [0.15, 0.2) is 60.0 Å². The molecule has 3 aromatic rings. The second kappa shape index (κ2) is 10.9. The molecule has 0 aliphatic carbocycles. The lowest BCUT2D eigenvalue weighted by Gasteiger charge is -2.35. The van der Waals surface area contributed by atoms with Gasteiger partial charge in [0.25, 0.3) is 11.8 Å². The first-order valence-corrected chi connectivity index (χ1v) is 12.1. The number of carbonyl (C=O) groups excluding carboxylic acids is 2. The van der Waals surface area contributed by atoms with E-state index in [2.05, 4.69) is 40.7 Å². The van der Waals surface area contributed by atoms with Gasteiger partial charge >= 0.3 is 0 Å². The largest absolute Gasteiger partial charge is 0.379 e. The van der Waals surface area contributed by atoms with Gasteiger partial charge in [0.05, 0.1) is 34.8 Å². The van der Waals surface area contributed by atoms with Gasteiger partial charge in [-0.25, -0.2) is 0 Å².